The van der Waals surface area contributed by atoms with Crippen molar-refractivity contribution in [1.29, 1.82) is 0 Å². The van der Waals surface area contributed by atoms with E-state index >= 15 is 0 Å². The maximum atomic E-state index is 11.4. The van der Waals surface area contributed by atoms with Crippen LogP contribution in [0.25, 0.3) is 11.0 Å². The fraction of sp³-hybridized carbons (Fsp3) is 0.0714. The molecule has 2 aromatic carbocycles. The van der Waals surface area contributed by atoms with E-state index in [0.717, 1.165) is 14.8 Å². The molecule has 1 aromatic heterocycles. The third-order valence-electron chi connectivity index (χ3n) is 3.21. The smallest absolute Gasteiger partial charge is 0.337 e. The van der Waals surface area contributed by atoms with Crippen molar-refractivity contribution in [2.24, 2.45) is 0 Å². The quantitative estimate of drug-likeness (QED) is 0.508. The van der Waals surface area contributed by atoms with Crippen molar-refractivity contribution in [3.63, 3.8) is 0 Å². The molecule has 3 aromatic rings. The molecule has 0 amide bonds. The van der Waals surface area contributed by atoms with Crippen LogP contribution in [-0.4, -0.2) is 16.2 Å². The highest BCUT2D eigenvalue weighted by molar-refractivity contribution is 14.1. The van der Waals surface area contributed by atoms with E-state index in [4.69, 9.17) is 0 Å². The van der Waals surface area contributed by atoms with Crippen molar-refractivity contribution in [2.75, 3.05) is 5.32 Å². The molecule has 0 saturated carbocycles. The summed E-state index contributed by atoms with van der Waals surface area (Å²) in [6.07, 6.45) is 0. The number of anilines is 2. The molecule has 1 heterocycles. The highest BCUT2D eigenvalue weighted by Gasteiger charge is 2.19. The van der Waals surface area contributed by atoms with Gasteiger partial charge in [-0.05, 0) is 58.2 Å². The van der Waals surface area contributed by atoms with Gasteiger partial charge in [0.1, 0.15) is 0 Å². The van der Waals surface area contributed by atoms with Gasteiger partial charge in [0.2, 0.25) is 5.52 Å². The summed E-state index contributed by atoms with van der Waals surface area (Å²) >= 11 is 2.20. The van der Waals surface area contributed by atoms with Crippen LogP contribution in [0.15, 0.2) is 35.0 Å². The highest BCUT2D eigenvalue weighted by Crippen LogP contribution is 2.27. The van der Waals surface area contributed by atoms with Gasteiger partial charge in [-0.2, -0.15) is 0 Å². The number of carboxylic acid groups (broad SMARTS) is 1. The Bertz CT molecular complexity index is 891. The molecule has 2 N–H and O–H groups in total. The van der Waals surface area contributed by atoms with Crippen molar-refractivity contribution < 1.29 is 19.4 Å². The van der Waals surface area contributed by atoms with Gasteiger partial charge in [0.05, 0.1) is 11.3 Å². The summed E-state index contributed by atoms with van der Waals surface area (Å²) in [5.74, 6) is -1.14. The zero-order chi connectivity index (χ0) is 15.9. The Hall–Kier alpha value is -2.36. The van der Waals surface area contributed by atoms with Crippen molar-refractivity contribution >= 4 is 51.0 Å². The van der Waals surface area contributed by atoms with Crippen LogP contribution in [0.4, 0.5) is 11.4 Å². The first-order valence-electron chi connectivity index (χ1n) is 6.25. The molecule has 0 aliphatic rings. The van der Waals surface area contributed by atoms with Gasteiger partial charge in [-0.25, -0.2) is 4.79 Å². The van der Waals surface area contributed by atoms with Gasteiger partial charge >= 0.3 is 5.97 Å². The van der Waals surface area contributed by atoms with Gasteiger partial charge in [0, 0.05) is 26.5 Å². The predicted molar refractivity (Wildman–Crippen MR) is 87.1 cm³/mol. The van der Waals surface area contributed by atoms with E-state index in [-0.39, 0.29) is 21.5 Å². The van der Waals surface area contributed by atoms with Gasteiger partial charge in [0.25, 0.3) is 5.52 Å². The molecule has 22 heavy (non-hydrogen) atoms. The van der Waals surface area contributed by atoms with Gasteiger partial charge in [0.15, 0.2) is 0 Å². The largest absolute Gasteiger partial charge is 0.478 e. The number of halogens is 1. The summed E-state index contributed by atoms with van der Waals surface area (Å²) in [6, 6.07) is 8.48. The van der Waals surface area contributed by atoms with Crippen molar-refractivity contribution in [3.05, 3.63) is 50.2 Å². The van der Waals surface area contributed by atoms with Crippen LogP contribution in [0.3, 0.4) is 0 Å². The van der Waals surface area contributed by atoms with Crippen LogP contribution >= 0.6 is 22.6 Å². The summed E-state index contributed by atoms with van der Waals surface area (Å²) in [4.78, 5) is 11.6. The third-order valence-corrected chi connectivity index (χ3v) is 3.88. The highest BCUT2D eigenvalue weighted by atomic mass is 127. The number of aromatic nitrogens is 2. The summed E-state index contributed by atoms with van der Waals surface area (Å²) < 4.78 is 5.57. The molecule has 0 spiro atoms. The average Bonchev–Trinajstić information content (AvgIpc) is 2.82. The van der Waals surface area contributed by atoms with Gasteiger partial charge in [-0.3, -0.25) is 4.63 Å². The monoisotopic (exact) mass is 411 g/mol. The fourth-order valence-electron chi connectivity index (χ4n) is 2.11. The number of benzene rings is 2. The lowest BCUT2D eigenvalue weighted by atomic mass is 10.1. The molecule has 0 bridgehead atoms. The van der Waals surface area contributed by atoms with E-state index in [1.54, 1.807) is 0 Å². The van der Waals surface area contributed by atoms with E-state index in [0.29, 0.717) is 5.69 Å². The summed E-state index contributed by atoms with van der Waals surface area (Å²) in [6.45, 7) is 1.92. The minimum Gasteiger partial charge on any atom is -0.478 e. The van der Waals surface area contributed by atoms with Crippen molar-refractivity contribution in [1.82, 2.24) is 5.16 Å². The standard InChI is InChI=1S/C14H10IN3O4/c1-7-4-8(15)2-3-10(7)16-11-6-12-13(18(21)22-17-12)5-9(11)14(19)20/h2-6,16H,1H3,(H,19,20). The summed E-state index contributed by atoms with van der Waals surface area (Å²) in [5, 5.41) is 27.4. The molecular weight excluding hydrogens is 401 g/mol. The number of nitrogens with one attached hydrogen (secondary N) is 1. The molecule has 0 unspecified atom stereocenters. The number of carbonyl (C=O) groups is 1. The Labute approximate surface area is 138 Å². The van der Waals surface area contributed by atoms with Crippen LogP contribution in [0.2, 0.25) is 0 Å². The topological polar surface area (TPSA) is 102 Å². The molecule has 0 fully saturated rings. The Morgan fingerprint density at radius 2 is 2.14 bits per heavy atom. The number of hydrogen-bond donors (Lipinski definition) is 2. The zero-order valence-corrected chi connectivity index (χ0v) is 13.5. The maximum absolute atomic E-state index is 11.4. The van der Waals surface area contributed by atoms with Crippen LogP contribution in [0.5, 0.6) is 0 Å². The number of rotatable bonds is 3. The number of aromatic carboxylic acids is 1. The first-order chi connectivity index (χ1) is 10.5. The third kappa shape index (κ3) is 2.56. The lowest BCUT2D eigenvalue weighted by molar-refractivity contribution is -0.782. The molecule has 7 nitrogen and oxygen atoms in total. The van der Waals surface area contributed by atoms with Gasteiger partial charge in [-0.15, -0.1) is 0 Å². The lowest BCUT2D eigenvalue weighted by Crippen LogP contribution is -2.22. The van der Waals surface area contributed by atoms with Crippen molar-refractivity contribution in [3.8, 4) is 0 Å². The Kier molecular flexibility index (Phi) is 3.61. The van der Waals surface area contributed by atoms with Gasteiger partial charge in [-0.1, -0.05) is 0 Å². The number of fused-ring (bicyclic) bond motifs is 1. The molecule has 0 saturated heterocycles. The van der Waals surface area contributed by atoms with Crippen LogP contribution < -0.4 is 10.2 Å². The molecule has 0 aliphatic heterocycles. The summed E-state index contributed by atoms with van der Waals surface area (Å²) in [5.41, 5.74) is 2.42. The minimum atomic E-state index is -1.14. The molecule has 0 atom stereocenters. The lowest BCUT2D eigenvalue weighted by Gasteiger charge is -2.11. The summed E-state index contributed by atoms with van der Waals surface area (Å²) in [7, 11) is 0. The molecular formula is C14H10IN3O4. The van der Waals surface area contributed by atoms with E-state index in [1.807, 2.05) is 25.1 Å². The van der Waals surface area contributed by atoms with E-state index < -0.39 is 5.97 Å². The fourth-order valence-corrected chi connectivity index (χ4v) is 2.76. The predicted octanol–water partition coefficient (Wildman–Crippen LogP) is 2.82. The minimum absolute atomic E-state index is 0.0294. The second-order valence-electron chi connectivity index (χ2n) is 4.71. The van der Waals surface area contributed by atoms with Crippen molar-refractivity contribution in [2.45, 2.75) is 6.92 Å². The van der Waals surface area contributed by atoms with E-state index in [1.165, 1.54) is 12.1 Å². The number of carboxylic acids is 1. The SMILES string of the molecule is Cc1cc(I)ccc1Nc1cc2no[n+]([O-])c2cc1C(=O)O. The van der Waals surface area contributed by atoms with Gasteiger partial charge < -0.3 is 15.6 Å². The Morgan fingerprint density at radius 3 is 2.82 bits per heavy atom. The van der Waals surface area contributed by atoms with E-state index in [2.05, 4.69) is 37.7 Å². The average molecular weight is 411 g/mol. The van der Waals surface area contributed by atoms with Crippen LogP contribution in [0.1, 0.15) is 15.9 Å². The van der Waals surface area contributed by atoms with E-state index in [9.17, 15) is 15.1 Å². The van der Waals surface area contributed by atoms with Crippen LogP contribution in [-0.2, 0) is 0 Å². The Morgan fingerprint density at radius 1 is 1.36 bits per heavy atom. The first kappa shape index (κ1) is 14.6. The number of aryl methyl sites for hydroxylation is 1. The normalized spacial score (nSPS) is 10.8. The molecule has 3 rings (SSSR count). The molecule has 8 heteroatoms. The zero-order valence-electron chi connectivity index (χ0n) is 11.3. The number of hydrogen-bond acceptors (Lipinski definition) is 5. The number of nitrogens with zero attached hydrogens (tertiary/aromatic N) is 2. The molecule has 112 valence electrons. The molecule has 0 aliphatic carbocycles. The maximum Gasteiger partial charge on any atom is 0.337 e. The first-order valence-corrected chi connectivity index (χ1v) is 7.33. The molecule has 0 radical (unpaired) electrons. The Balaban J connectivity index is 2.12. The van der Waals surface area contributed by atoms with Crippen LogP contribution in [0, 0.1) is 15.7 Å². The second kappa shape index (κ2) is 5.44. The second-order valence-corrected chi connectivity index (χ2v) is 5.95.